The van der Waals surface area contributed by atoms with E-state index in [4.69, 9.17) is 4.74 Å². The third kappa shape index (κ3) is 3.85. The van der Waals surface area contributed by atoms with Crippen molar-refractivity contribution in [3.05, 3.63) is 23.8 Å². The smallest absolute Gasteiger partial charge is 0.387 e. The summed E-state index contributed by atoms with van der Waals surface area (Å²) < 4.78 is 33.6. The summed E-state index contributed by atoms with van der Waals surface area (Å²) in [5.74, 6) is 0.160. The molecule has 17 heavy (non-hydrogen) atoms. The molecule has 1 aromatic carbocycles. The Labute approximate surface area is 99.0 Å². The molecule has 96 valence electrons. The molecule has 0 saturated carbocycles. The van der Waals surface area contributed by atoms with Crippen LogP contribution >= 0.6 is 0 Å². The van der Waals surface area contributed by atoms with Gasteiger partial charge in [0.15, 0.2) is 11.5 Å². The van der Waals surface area contributed by atoms with E-state index in [1.165, 1.54) is 19.2 Å². The van der Waals surface area contributed by atoms with Gasteiger partial charge in [-0.1, -0.05) is 19.4 Å². The van der Waals surface area contributed by atoms with Gasteiger partial charge in [0.25, 0.3) is 0 Å². The highest BCUT2D eigenvalue weighted by Gasteiger charge is 2.14. The van der Waals surface area contributed by atoms with Gasteiger partial charge < -0.3 is 14.6 Å². The van der Waals surface area contributed by atoms with Gasteiger partial charge in [0, 0.05) is 0 Å². The van der Waals surface area contributed by atoms with Gasteiger partial charge in [-0.3, -0.25) is 0 Å². The van der Waals surface area contributed by atoms with E-state index in [1.807, 2.05) is 6.92 Å². The van der Waals surface area contributed by atoms with Gasteiger partial charge in [0.1, 0.15) is 0 Å². The largest absolute Gasteiger partial charge is 0.493 e. The summed E-state index contributed by atoms with van der Waals surface area (Å²) in [6.45, 7) is -0.981. The Hall–Kier alpha value is -1.36. The number of benzene rings is 1. The standard InChI is InChI=1S/C12H16F2O3/c1-3-4-9(15)8-5-6-10(16-2)11(7-8)17-12(13)14/h5-7,9,12,15H,3-4H2,1-2H3. The number of aliphatic hydroxyl groups excluding tert-OH is 1. The van der Waals surface area contributed by atoms with Crippen molar-refractivity contribution >= 4 is 0 Å². The van der Waals surface area contributed by atoms with E-state index in [1.54, 1.807) is 6.07 Å². The van der Waals surface area contributed by atoms with E-state index in [0.717, 1.165) is 6.42 Å². The minimum atomic E-state index is -2.91. The lowest BCUT2D eigenvalue weighted by atomic mass is 10.0. The second-order valence-corrected chi connectivity index (χ2v) is 3.59. The molecule has 0 heterocycles. The molecule has 0 aliphatic carbocycles. The average molecular weight is 246 g/mol. The summed E-state index contributed by atoms with van der Waals surface area (Å²) in [7, 11) is 1.37. The number of alkyl halides is 2. The third-order valence-corrected chi connectivity index (χ3v) is 2.35. The Morgan fingerprint density at radius 3 is 2.53 bits per heavy atom. The molecule has 0 aliphatic heterocycles. The highest BCUT2D eigenvalue weighted by Crippen LogP contribution is 2.32. The molecule has 0 fully saturated rings. The summed E-state index contributed by atoms with van der Waals surface area (Å²) in [5.41, 5.74) is 0.545. The van der Waals surface area contributed by atoms with Crippen LogP contribution in [0.15, 0.2) is 18.2 Å². The Balaban J connectivity index is 2.95. The maximum Gasteiger partial charge on any atom is 0.387 e. The predicted octanol–water partition coefficient (Wildman–Crippen LogP) is 3.13. The number of halogens is 2. The zero-order valence-electron chi connectivity index (χ0n) is 9.82. The van der Waals surface area contributed by atoms with E-state index >= 15 is 0 Å². The third-order valence-electron chi connectivity index (χ3n) is 2.35. The van der Waals surface area contributed by atoms with Crippen molar-refractivity contribution in [3.8, 4) is 11.5 Å². The first-order valence-corrected chi connectivity index (χ1v) is 5.39. The fraction of sp³-hybridized carbons (Fsp3) is 0.500. The molecule has 1 atom stereocenters. The molecule has 0 aliphatic rings. The SMILES string of the molecule is CCCC(O)c1ccc(OC)c(OC(F)F)c1. The quantitative estimate of drug-likeness (QED) is 0.838. The van der Waals surface area contributed by atoms with E-state index in [-0.39, 0.29) is 11.5 Å². The van der Waals surface area contributed by atoms with E-state index in [2.05, 4.69) is 4.74 Å². The van der Waals surface area contributed by atoms with Crippen LogP contribution in [0.2, 0.25) is 0 Å². The Morgan fingerprint density at radius 2 is 2.00 bits per heavy atom. The number of rotatable bonds is 6. The molecule has 1 unspecified atom stereocenters. The molecular formula is C12H16F2O3. The average Bonchev–Trinajstić information content (AvgIpc) is 2.28. The van der Waals surface area contributed by atoms with Crippen LogP contribution in [0.1, 0.15) is 31.4 Å². The lowest BCUT2D eigenvalue weighted by molar-refractivity contribution is -0.0513. The normalized spacial score (nSPS) is 12.6. The Bertz CT molecular complexity index is 356. The van der Waals surface area contributed by atoms with Gasteiger partial charge in [-0.15, -0.1) is 0 Å². The number of hydrogen-bond acceptors (Lipinski definition) is 3. The highest BCUT2D eigenvalue weighted by molar-refractivity contribution is 5.43. The molecule has 1 aromatic rings. The van der Waals surface area contributed by atoms with Crippen LogP contribution in [0.3, 0.4) is 0 Å². The lowest BCUT2D eigenvalue weighted by Crippen LogP contribution is -2.05. The summed E-state index contributed by atoms with van der Waals surface area (Å²) in [4.78, 5) is 0. The fourth-order valence-corrected chi connectivity index (χ4v) is 1.53. The maximum absolute atomic E-state index is 12.2. The summed E-state index contributed by atoms with van der Waals surface area (Å²) >= 11 is 0. The monoisotopic (exact) mass is 246 g/mol. The number of hydrogen-bond donors (Lipinski definition) is 1. The molecule has 1 rings (SSSR count). The molecule has 0 amide bonds. The Kier molecular flexibility index (Phi) is 5.15. The zero-order valence-corrected chi connectivity index (χ0v) is 9.82. The van der Waals surface area contributed by atoms with Crippen molar-refractivity contribution in [2.24, 2.45) is 0 Å². The van der Waals surface area contributed by atoms with E-state index in [9.17, 15) is 13.9 Å². The molecule has 1 N–H and O–H groups in total. The van der Waals surface area contributed by atoms with Crippen LogP contribution in [-0.2, 0) is 0 Å². The summed E-state index contributed by atoms with van der Waals surface area (Å²) in [6.07, 6.45) is 0.699. The molecular weight excluding hydrogens is 230 g/mol. The van der Waals surface area contributed by atoms with Crippen LogP contribution in [-0.4, -0.2) is 18.8 Å². The first kappa shape index (κ1) is 13.7. The first-order chi connectivity index (χ1) is 8.08. The molecule has 0 bridgehead atoms. The van der Waals surface area contributed by atoms with Crippen LogP contribution in [0.25, 0.3) is 0 Å². The van der Waals surface area contributed by atoms with Gasteiger partial charge in [0.05, 0.1) is 13.2 Å². The van der Waals surface area contributed by atoms with Gasteiger partial charge in [-0.2, -0.15) is 8.78 Å². The second kappa shape index (κ2) is 6.39. The second-order valence-electron chi connectivity index (χ2n) is 3.59. The number of methoxy groups -OCH3 is 1. The van der Waals surface area contributed by atoms with Crippen molar-refractivity contribution in [2.75, 3.05) is 7.11 Å². The molecule has 3 nitrogen and oxygen atoms in total. The lowest BCUT2D eigenvalue weighted by Gasteiger charge is -2.14. The van der Waals surface area contributed by atoms with Crippen LogP contribution in [0.5, 0.6) is 11.5 Å². The molecule has 5 heteroatoms. The summed E-state index contributed by atoms with van der Waals surface area (Å²) in [6, 6.07) is 4.52. The van der Waals surface area contributed by atoms with Gasteiger partial charge in [-0.25, -0.2) is 0 Å². The van der Waals surface area contributed by atoms with E-state index in [0.29, 0.717) is 12.0 Å². The fourth-order valence-electron chi connectivity index (χ4n) is 1.53. The van der Waals surface area contributed by atoms with Crippen LogP contribution in [0.4, 0.5) is 8.78 Å². The van der Waals surface area contributed by atoms with Crippen LogP contribution < -0.4 is 9.47 Å². The van der Waals surface area contributed by atoms with Crippen molar-refractivity contribution in [2.45, 2.75) is 32.5 Å². The van der Waals surface area contributed by atoms with Crippen molar-refractivity contribution in [1.29, 1.82) is 0 Å². The minimum absolute atomic E-state index is 0.0600. The van der Waals surface area contributed by atoms with Crippen molar-refractivity contribution < 1.29 is 23.4 Å². The van der Waals surface area contributed by atoms with Crippen molar-refractivity contribution in [1.82, 2.24) is 0 Å². The molecule has 0 aromatic heterocycles. The van der Waals surface area contributed by atoms with Gasteiger partial charge >= 0.3 is 6.61 Å². The molecule has 0 radical (unpaired) electrons. The van der Waals surface area contributed by atoms with E-state index < -0.39 is 12.7 Å². The maximum atomic E-state index is 12.2. The number of ether oxygens (including phenoxy) is 2. The zero-order chi connectivity index (χ0) is 12.8. The minimum Gasteiger partial charge on any atom is -0.493 e. The number of aliphatic hydroxyl groups is 1. The van der Waals surface area contributed by atoms with Crippen LogP contribution in [0, 0.1) is 0 Å². The topological polar surface area (TPSA) is 38.7 Å². The Morgan fingerprint density at radius 1 is 1.29 bits per heavy atom. The van der Waals surface area contributed by atoms with Gasteiger partial charge in [0.2, 0.25) is 0 Å². The highest BCUT2D eigenvalue weighted by atomic mass is 19.3. The summed E-state index contributed by atoms with van der Waals surface area (Å²) in [5, 5.41) is 9.76. The molecule has 0 spiro atoms. The molecule has 0 saturated heterocycles. The predicted molar refractivity (Wildman–Crippen MR) is 59.5 cm³/mol. The van der Waals surface area contributed by atoms with Crippen molar-refractivity contribution in [3.63, 3.8) is 0 Å². The first-order valence-electron chi connectivity index (χ1n) is 5.39. The van der Waals surface area contributed by atoms with Gasteiger partial charge in [-0.05, 0) is 24.1 Å².